The summed E-state index contributed by atoms with van der Waals surface area (Å²) < 4.78 is 2.37. The van der Waals surface area contributed by atoms with Gasteiger partial charge >= 0.3 is 0 Å². The van der Waals surface area contributed by atoms with E-state index in [9.17, 15) is 5.11 Å². The molecule has 0 spiro atoms. The van der Waals surface area contributed by atoms with Crippen LogP contribution in [0.3, 0.4) is 0 Å². The number of fused-ring (bicyclic) bond motifs is 7. The van der Waals surface area contributed by atoms with E-state index in [-0.39, 0.29) is 0 Å². The van der Waals surface area contributed by atoms with Gasteiger partial charge in [-0.05, 0) is 63.7 Å². The van der Waals surface area contributed by atoms with Gasteiger partial charge in [-0.15, -0.1) is 0 Å². The van der Waals surface area contributed by atoms with E-state index in [4.69, 9.17) is 9.97 Å². The molecule has 12 rings (SSSR count). The molecular formula is C61H41N3O. The first-order chi connectivity index (χ1) is 32.1. The molecule has 1 N–H and O–H groups in total. The monoisotopic (exact) mass is 831 g/mol. The van der Waals surface area contributed by atoms with E-state index >= 15 is 0 Å². The Morgan fingerprint density at radius 3 is 1.51 bits per heavy atom. The first-order valence-corrected chi connectivity index (χ1v) is 22.0. The van der Waals surface area contributed by atoms with Crippen molar-refractivity contribution < 1.29 is 5.11 Å². The Morgan fingerprint density at radius 1 is 0.369 bits per heavy atom. The smallest absolute Gasteiger partial charge is 0.160 e. The van der Waals surface area contributed by atoms with E-state index in [2.05, 4.69) is 205 Å². The lowest BCUT2D eigenvalue weighted by Gasteiger charge is -2.32. The summed E-state index contributed by atoms with van der Waals surface area (Å²) in [6, 6.07) is 84.2. The maximum Gasteiger partial charge on any atom is 0.160 e. The van der Waals surface area contributed by atoms with Gasteiger partial charge in [0.25, 0.3) is 0 Å². The zero-order valence-corrected chi connectivity index (χ0v) is 35.4. The molecule has 0 radical (unpaired) electrons. The minimum atomic E-state index is -1.46. The maximum atomic E-state index is 13.6. The summed E-state index contributed by atoms with van der Waals surface area (Å²) in [4.78, 5) is 10.3. The molecular weight excluding hydrogens is 791 g/mol. The second kappa shape index (κ2) is 15.7. The number of hydrogen-bond acceptors (Lipinski definition) is 3. The van der Waals surface area contributed by atoms with Crippen molar-refractivity contribution in [2.75, 3.05) is 0 Å². The standard InChI is InChI=1S/C61H41N3O/c65-61(48-24-16-23-47(39-48)42-19-6-2-7-20-42)53-28-13-10-25-50(53)58-52-27-12-15-30-57(52)64(59(58)51-26-11-14-29-54(51)61)49-37-35-45(36-38-49)56-40-55(62-60(63-56)46-21-8-3-9-22-46)44-33-31-43(32-34-44)41-17-4-1-5-18-41/h1-40,65H. The number of para-hydroxylation sites is 1. The Morgan fingerprint density at radius 2 is 0.846 bits per heavy atom. The minimum Gasteiger partial charge on any atom is -0.376 e. The highest BCUT2D eigenvalue weighted by Crippen LogP contribution is 2.54. The van der Waals surface area contributed by atoms with E-state index < -0.39 is 5.60 Å². The van der Waals surface area contributed by atoms with E-state index in [1.165, 1.54) is 5.56 Å². The highest BCUT2D eigenvalue weighted by Gasteiger charge is 2.42. The normalized spacial score (nSPS) is 14.0. The average molecular weight is 832 g/mol. The molecule has 0 aliphatic heterocycles. The van der Waals surface area contributed by atoms with Crippen LogP contribution in [0.1, 0.15) is 16.7 Å². The summed E-state index contributed by atoms with van der Waals surface area (Å²) in [6.45, 7) is 0. The lowest BCUT2D eigenvalue weighted by molar-refractivity contribution is 0.127. The van der Waals surface area contributed by atoms with Crippen LogP contribution in [-0.4, -0.2) is 19.6 Å². The number of hydrogen-bond donors (Lipinski definition) is 1. The average Bonchev–Trinajstić information content (AvgIpc) is 3.70. The summed E-state index contributed by atoms with van der Waals surface area (Å²) in [5.41, 5.74) is 16.4. The number of rotatable bonds is 7. The largest absolute Gasteiger partial charge is 0.376 e. The fraction of sp³-hybridized carbons (Fsp3) is 0.0164. The number of aromatic nitrogens is 3. The molecule has 9 aromatic carbocycles. The second-order valence-corrected chi connectivity index (χ2v) is 16.6. The summed E-state index contributed by atoms with van der Waals surface area (Å²) in [5, 5.41) is 14.8. The number of nitrogens with zero attached hydrogens (tertiary/aromatic N) is 3. The van der Waals surface area contributed by atoms with Gasteiger partial charge in [-0.1, -0.05) is 212 Å². The van der Waals surface area contributed by atoms with Gasteiger partial charge in [-0.3, -0.25) is 0 Å². The van der Waals surface area contributed by atoms with Crippen LogP contribution >= 0.6 is 0 Å². The van der Waals surface area contributed by atoms with E-state index in [0.717, 1.165) is 100 Å². The molecule has 306 valence electrons. The van der Waals surface area contributed by atoms with Crippen molar-refractivity contribution >= 4 is 10.9 Å². The van der Waals surface area contributed by atoms with Gasteiger partial charge < -0.3 is 9.67 Å². The first-order valence-electron chi connectivity index (χ1n) is 22.0. The van der Waals surface area contributed by atoms with Crippen molar-refractivity contribution in [3.05, 3.63) is 259 Å². The highest BCUT2D eigenvalue weighted by atomic mass is 16.3. The van der Waals surface area contributed by atoms with Crippen molar-refractivity contribution in [2.24, 2.45) is 0 Å². The molecule has 11 aromatic rings. The molecule has 0 bridgehead atoms. The third-order valence-corrected chi connectivity index (χ3v) is 12.9. The van der Waals surface area contributed by atoms with Gasteiger partial charge in [0, 0.05) is 50.0 Å². The fourth-order valence-electron chi connectivity index (χ4n) is 9.77. The third kappa shape index (κ3) is 6.50. The molecule has 0 saturated carbocycles. The van der Waals surface area contributed by atoms with Crippen LogP contribution in [0.5, 0.6) is 0 Å². The summed E-state index contributed by atoms with van der Waals surface area (Å²) in [5.74, 6) is 0.674. The Kier molecular flexibility index (Phi) is 9.25. The summed E-state index contributed by atoms with van der Waals surface area (Å²) in [6.07, 6.45) is 0. The number of benzene rings is 9. The first kappa shape index (κ1) is 38.3. The van der Waals surface area contributed by atoms with Crippen molar-refractivity contribution in [1.29, 1.82) is 0 Å². The van der Waals surface area contributed by atoms with Crippen LogP contribution in [-0.2, 0) is 5.60 Å². The summed E-state index contributed by atoms with van der Waals surface area (Å²) >= 11 is 0. The third-order valence-electron chi connectivity index (χ3n) is 12.9. The van der Waals surface area contributed by atoms with Gasteiger partial charge in [-0.2, -0.15) is 0 Å². The molecule has 0 fully saturated rings. The quantitative estimate of drug-likeness (QED) is 0.174. The second-order valence-electron chi connectivity index (χ2n) is 16.6. The van der Waals surface area contributed by atoms with Crippen LogP contribution < -0.4 is 0 Å². The van der Waals surface area contributed by atoms with Crippen LogP contribution in [0.4, 0.5) is 0 Å². The fourth-order valence-corrected chi connectivity index (χ4v) is 9.77. The number of aliphatic hydroxyl groups is 1. The molecule has 4 heteroatoms. The topological polar surface area (TPSA) is 50.9 Å². The molecule has 1 aliphatic carbocycles. The van der Waals surface area contributed by atoms with Crippen molar-refractivity contribution in [1.82, 2.24) is 14.5 Å². The zero-order valence-electron chi connectivity index (χ0n) is 35.4. The Hall–Kier alpha value is -8.44. The predicted octanol–water partition coefficient (Wildman–Crippen LogP) is 14.7. The van der Waals surface area contributed by atoms with Crippen molar-refractivity contribution in [2.45, 2.75) is 5.60 Å². The molecule has 0 amide bonds. The van der Waals surface area contributed by atoms with Gasteiger partial charge in [0.15, 0.2) is 5.82 Å². The highest BCUT2D eigenvalue weighted by molar-refractivity contribution is 6.08. The predicted molar refractivity (Wildman–Crippen MR) is 265 cm³/mol. The van der Waals surface area contributed by atoms with Crippen LogP contribution in [0.2, 0.25) is 0 Å². The lowest BCUT2D eigenvalue weighted by Crippen LogP contribution is -2.29. The van der Waals surface area contributed by atoms with Gasteiger partial charge in [-0.25, -0.2) is 9.97 Å². The SMILES string of the molecule is OC1(c2cccc(-c3ccccc3)c2)c2ccccc2-c2c(n(-c3ccc(-c4cc(-c5ccc(-c6ccccc6)cc5)nc(-c5ccccc5)n4)cc3)c3ccccc23)-c2ccccc21. The van der Waals surface area contributed by atoms with Crippen LogP contribution in [0.15, 0.2) is 243 Å². The van der Waals surface area contributed by atoms with Gasteiger partial charge in [0.1, 0.15) is 5.60 Å². The van der Waals surface area contributed by atoms with Crippen LogP contribution in [0, 0.1) is 0 Å². The Labute approximate surface area is 378 Å². The molecule has 65 heavy (non-hydrogen) atoms. The van der Waals surface area contributed by atoms with Gasteiger partial charge in [0.05, 0.1) is 22.6 Å². The molecule has 2 heterocycles. The van der Waals surface area contributed by atoms with Crippen molar-refractivity contribution in [3.8, 4) is 84.2 Å². The minimum absolute atomic E-state index is 0.674. The summed E-state index contributed by atoms with van der Waals surface area (Å²) in [7, 11) is 0. The van der Waals surface area contributed by atoms with E-state index in [1.807, 2.05) is 42.5 Å². The van der Waals surface area contributed by atoms with E-state index in [0.29, 0.717) is 5.82 Å². The zero-order chi connectivity index (χ0) is 43.3. The molecule has 1 unspecified atom stereocenters. The molecule has 1 aliphatic rings. The van der Waals surface area contributed by atoms with Gasteiger partial charge in [0.2, 0.25) is 0 Å². The molecule has 0 saturated heterocycles. The maximum absolute atomic E-state index is 13.6. The van der Waals surface area contributed by atoms with Crippen LogP contribution in [0.25, 0.3) is 95.1 Å². The lowest BCUT2D eigenvalue weighted by atomic mass is 9.77. The Balaban J connectivity index is 1.02. The molecule has 4 nitrogen and oxygen atoms in total. The van der Waals surface area contributed by atoms with E-state index in [1.54, 1.807) is 0 Å². The van der Waals surface area contributed by atoms with Crippen molar-refractivity contribution in [3.63, 3.8) is 0 Å². The molecule has 1 atom stereocenters. The Bertz CT molecular complexity index is 3530. The molecule has 2 aromatic heterocycles.